The van der Waals surface area contributed by atoms with Gasteiger partial charge in [-0.25, -0.2) is 0 Å². The Morgan fingerprint density at radius 3 is 2.87 bits per heavy atom. The largest absolute Gasteiger partial charge is 0.361 e. The normalized spacial score (nSPS) is 11.5. The van der Waals surface area contributed by atoms with Gasteiger partial charge in [-0.05, 0) is 30.2 Å². The summed E-state index contributed by atoms with van der Waals surface area (Å²) in [4.78, 5) is 3.26. The molecule has 0 aliphatic carbocycles. The molecule has 1 aromatic carbocycles. The van der Waals surface area contributed by atoms with Crippen molar-refractivity contribution in [1.82, 2.24) is 10.3 Å². The van der Waals surface area contributed by atoms with Gasteiger partial charge in [0.25, 0.3) is 0 Å². The third-order valence-corrected chi connectivity index (χ3v) is 2.67. The van der Waals surface area contributed by atoms with E-state index in [9.17, 15) is 0 Å². The molecule has 0 bridgehead atoms. The van der Waals surface area contributed by atoms with Gasteiger partial charge in [0.2, 0.25) is 0 Å². The summed E-state index contributed by atoms with van der Waals surface area (Å²) >= 11 is 0. The van der Waals surface area contributed by atoms with Crippen LogP contribution in [0.5, 0.6) is 0 Å². The van der Waals surface area contributed by atoms with Crippen LogP contribution in [0.4, 0.5) is 0 Å². The van der Waals surface area contributed by atoms with Crippen LogP contribution >= 0.6 is 0 Å². The first-order valence-electron chi connectivity index (χ1n) is 5.47. The van der Waals surface area contributed by atoms with Gasteiger partial charge in [-0.3, -0.25) is 0 Å². The molecule has 80 valence electrons. The summed E-state index contributed by atoms with van der Waals surface area (Å²) in [6.07, 6.45) is 2.06. The maximum Gasteiger partial charge on any atom is 0.0456 e. The van der Waals surface area contributed by atoms with Crippen molar-refractivity contribution in [2.24, 2.45) is 0 Å². The van der Waals surface area contributed by atoms with Crippen LogP contribution in [0.25, 0.3) is 10.9 Å². The van der Waals surface area contributed by atoms with E-state index in [0.29, 0.717) is 6.04 Å². The predicted octanol–water partition coefficient (Wildman–Crippen LogP) is 2.97. The Morgan fingerprint density at radius 1 is 1.33 bits per heavy atom. The minimum absolute atomic E-state index is 0.535. The summed E-state index contributed by atoms with van der Waals surface area (Å²) in [5.74, 6) is 0. The summed E-state index contributed by atoms with van der Waals surface area (Å²) in [7, 11) is 0. The zero-order valence-corrected chi connectivity index (χ0v) is 9.59. The molecule has 2 N–H and O–H groups in total. The van der Waals surface area contributed by atoms with Gasteiger partial charge in [0.1, 0.15) is 0 Å². The highest BCUT2D eigenvalue weighted by atomic mass is 14.9. The molecule has 2 heteroatoms. The van der Waals surface area contributed by atoms with Gasteiger partial charge in [-0.15, -0.1) is 0 Å². The first-order chi connectivity index (χ1) is 7.16. The average molecular weight is 202 g/mol. The maximum atomic E-state index is 3.43. The second kappa shape index (κ2) is 4.07. The van der Waals surface area contributed by atoms with E-state index >= 15 is 0 Å². The summed E-state index contributed by atoms with van der Waals surface area (Å²) in [6.45, 7) is 7.41. The first kappa shape index (κ1) is 10.2. The fourth-order valence-corrected chi connectivity index (χ4v) is 1.74. The van der Waals surface area contributed by atoms with Crippen LogP contribution in [0.3, 0.4) is 0 Å². The van der Waals surface area contributed by atoms with E-state index in [-0.39, 0.29) is 0 Å². The van der Waals surface area contributed by atoms with Gasteiger partial charge in [0.05, 0.1) is 0 Å². The van der Waals surface area contributed by atoms with Crippen molar-refractivity contribution >= 4 is 10.9 Å². The van der Waals surface area contributed by atoms with Crippen molar-refractivity contribution in [3.8, 4) is 0 Å². The lowest BCUT2D eigenvalue weighted by Gasteiger charge is -2.08. The first-order valence-corrected chi connectivity index (χ1v) is 5.47. The lowest BCUT2D eigenvalue weighted by Crippen LogP contribution is -2.21. The topological polar surface area (TPSA) is 27.8 Å². The summed E-state index contributed by atoms with van der Waals surface area (Å²) < 4.78 is 0. The fourth-order valence-electron chi connectivity index (χ4n) is 1.74. The number of rotatable bonds is 3. The second-order valence-electron chi connectivity index (χ2n) is 4.39. The standard InChI is InChI=1S/C13H18N2/c1-9(2)14-8-11-4-5-13-12(6-11)10(3)7-15-13/h4-7,9,14-15H,8H2,1-3H3. The zero-order valence-electron chi connectivity index (χ0n) is 9.59. The van der Waals surface area contributed by atoms with Crippen molar-refractivity contribution in [2.45, 2.75) is 33.4 Å². The predicted molar refractivity (Wildman–Crippen MR) is 65.0 cm³/mol. The Bertz CT molecular complexity index is 455. The molecule has 2 nitrogen and oxygen atoms in total. The van der Waals surface area contributed by atoms with E-state index in [1.54, 1.807) is 0 Å². The second-order valence-corrected chi connectivity index (χ2v) is 4.39. The number of aryl methyl sites for hydroxylation is 1. The fraction of sp³-hybridized carbons (Fsp3) is 0.385. The molecule has 2 rings (SSSR count). The highest BCUT2D eigenvalue weighted by Crippen LogP contribution is 2.18. The van der Waals surface area contributed by atoms with E-state index in [0.717, 1.165) is 6.54 Å². The molecule has 0 spiro atoms. The van der Waals surface area contributed by atoms with Gasteiger partial charge in [0, 0.05) is 29.7 Å². The minimum Gasteiger partial charge on any atom is -0.361 e. The summed E-state index contributed by atoms with van der Waals surface area (Å²) in [5, 5.41) is 4.76. The highest BCUT2D eigenvalue weighted by molar-refractivity contribution is 5.83. The third kappa shape index (κ3) is 2.21. The molecule has 0 aliphatic rings. The molecular formula is C13H18N2. The van der Waals surface area contributed by atoms with E-state index in [4.69, 9.17) is 0 Å². The molecule has 0 amide bonds. The summed E-state index contributed by atoms with van der Waals surface area (Å²) in [5.41, 5.74) is 3.89. The Hall–Kier alpha value is -1.28. The van der Waals surface area contributed by atoms with Crippen LogP contribution in [0.1, 0.15) is 25.0 Å². The molecule has 15 heavy (non-hydrogen) atoms. The lowest BCUT2D eigenvalue weighted by molar-refractivity contribution is 0.589. The molecule has 0 atom stereocenters. The van der Waals surface area contributed by atoms with E-state index in [1.807, 2.05) is 0 Å². The molecular weight excluding hydrogens is 184 g/mol. The van der Waals surface area contributed by atoms with Crippen molar-refractivity contribution in [1.29, 1.82) is 0 Å². The lowest BCUT2D eigenvalue weighted by atomic mass is 10.1. The van der Waals surface area contributed by atoms with Crippen molar-refractivity contribution in [2.75, 3.05) is 0 Å². The van der Waals surface area contributed by atoms with E-state index in [1.165, 1.54) is 22.0 Å². The average Bonchev–Trinajstić information content (AvgIpc) is 2.57. The van der Waals surface area contributed by atoms with Crippen LogP contribution < -0.4 is 5.32 Å². The van der Waals surface area contributed by atoms with Gasteiger partial charge < -0.3 is 10.3 Å². The van der Waals surface area contributed by atoms with Crippen LogP contribution in [-0.2, 0) is 6.54 Å². The van der Waals surface area contributed by atoms with Gasteiger partial charge in [-0.1, -0.05) is 19.9 Å². The third-order valence-electron chi connectivity index (χ3n) is 2.67. The molecule has 0 saturated carbocycles. The van der Waals surface area contributed by atoms with Crippen LogP contribution in [0.2, 0.25) is 0 Å². The maximum absolute atomic E-state index is 3.43. The SMILES string of the molecule is Cc1c[nH]c2ccc(CNC(C)C)cc12. The van der Waals surface area contributed by atoms with E-state index in [2.05, 4.69) is 55.5 Å². The number of hydrogen-bond acceptors (Lipinski definition) is 1. The Balaban J connectivity index is 2.25. The van der Waals surface area contributed by atoms with Crippen molar-refractivity contribution in [3.05, 3.63) is 35.5 Å². The Labute approximate surface area is 90.7 Å². The van der Waals surface area contributed by atoms with E-state index < -0.39 is 0 Å². The number of aromatic amines is 1. The van der Waals surface area contributed by atoms with Crippen molar-refractivity contribution < 1.29 is 0 Å². The molecule has 0 radical (unpaired) electrons. The monoisotopic (exact) mass is 202 g/mol. The molecule has 0 fully saturated rings. The molecule has 1 heterocycles. The number of aromatic nitrogens is 1. The van der Waals surface area contributed by atoms with Crippen LogP contribution in [0, 0.1) is 6.92 Å². The molecule has 0 aliphatic heterocycles. The van der Waals surface area contributed by atoms with Gasteiger partial charge in [-0.2, -0.15) is 0 Å². The van der Waals surface area contributed by atoms with Gasteiger partial charge in [0.15, 0.2) is 0 Å². The quantitative estimate of drug-likeness (QED) is 0.786. The molecule has 1 aromatic heterocycles. The van der Waals surface area contributed by atoms with Gasteiger partial charge >= 0.3 is 0 Å². The highest BCUT2D eigenvalue weighted by Gasteiger charge is 2.01. The Kier molecular flexibility index (Phi) is 2.78. The van der Waals surface area contributed by atoms with Crippen LogP contribution in [-0.4, -0.2) is 11.0 Å². The molecule has 0 unspecified atom stereocenters. The number of H-pyrrole nitrogens is 1. The number of nitrogens with one attached hydrogen (secondary N) is 2. The van der Waals surface area contributed by atoms with Crippen LogP contribution in [0.15, 0.2) is 24.4 Å². The Morgan fingerprint density at radius 2 is 2.13 bits per heavy atom. The summed E-state index contributed by atoms with van der Waals surface area (Å²) in [6, 6.07) is 7.12. The molecule has 0 saturated heterocycles. The smallest absolute Gasteiger partial charge is 0.0456 e. The minimum atomic E-state index is 0.535. The number of hydrogen-bond donors (Lipinski definition) is 2. The number of benzene rings is 1. The van der Waals surface area contributed by atoms with Crippen molar-refractivity contribution in [3.63, 3.8) is 0 Å². The molecule has 2 aromatic rings. The zero-order chi connectivity index (χ0) is 10.8. The number of fused-ring (bicyclic) bond motifs is 1.